The normalized spacial score (nSPS) is 17.5. The Bertz CT molecular complexity index is 954. The van der Waals surface area contributed by atoms with Crippen LogP contribution in [0.25, 0.3) is 11.3 Å². The molecular weight excluding hydrogens is 296 g/mol. The van der Waals surface area contributed by atoms with Crippen molar-refractivity contribution in [3.05, 3.63) is 69.9 Å². The molecule has 1 atom stereocenters. The molecule has 0 radical (unpaired) electrons. The lowest BCUT2D eigenvalue weighted by atomic mass is 9.94. The number of ether oxygens (including phenoxy) is 1. The first-order chi connectivity index (χ1) is 11.8. The summed E-state index contributed by atoms with van der Waals surface area (Å²) in [4.78, 5) is 0. The van der Waals surface area contributed by atoms with E-state index in [4.69, 9.17) is 4.74 Å². The van der Waals surface area contributed by atoms with Gasteiger partial charge in [-0.05, 0) is 48.1 Å². The highest BCUT2D eigenvalue weighted by Crippen LogP contribution is 2.45. The van der Waals surface area contributed by atoms with Gasteiger partial charge in [-0.15, -0.1) is 0 Å². The lowest BCUT2D eigenvalue weighted by Gasteiger charge is -2.11. The fourth-order valence-electron chi connectivity index (χ4n) is 4.45. The number of aromatic amines is 1. The van der Waals surface area contributed by atoms with Crippen LogP contribution < -0.4 is 4.74 Å². The van der Waals surface area contributed by atoms with Crippen molar-refractivity contribution in [1.29, 1.82) is 0 Å². The third kappa shape index (κ3) is 1.81. The fraction of sp³-hybridized carbons (Fsp3) is 0.286. The maximum absolute atomic E-state index is 5.50. The van der Waals surface area contributed by atoms with Crippen LogP contribution in [0.15, 0.2) is 36.4 Å². The number of fused-ring (bicyclic) bond motifs is 4. The molecule has 3 aromatic rings. The fourth-order valence-corrected chi connectivity index (χ4v) is 4.45. The predicted molar refractivity (Wildman–Crippen MR) is 94.7 cm³/mol. The second-order valence-electron chi connectivity index (χ2n) is 6.91. The standard InChI is InChI=1S/C21H20N2O/c1-12-9-14-10-18-20(16-8-7-13-5-3-4-6-15(13)16)22-23-21(18)17(14)11-19(12)24-2/h3-6,9,11,16H,7-8,10H2,1-2H3,(H,22,23). The first kappa shape index (κ1) is 13.8. The molecule has 1 heterocycles. The molecule has 2 aromatic carbocycles. The van der Waals surface area contributed by atoms with Gasteiger partial charge in [0.25, 0.3) is 0 Å². The Morgan fingerprint density at radius 1 is 1.17 bits per heavy atom. The van der Waals surface area contributed by atoms with Crippen molar-refractivity contribution in [3.63, 3.8) is 0 Å². The number of nitrogens with one attached hydrogen (secondary N) is 1. The monoisotopic (exact) mass is 316 g/mol. The maximum atomic E-state index is 5.50. The first-order valence-electron chi connectivity index (χ1n) is 8.59. The van der Waals surface area contributed by atoms with Gasteiger partial charge in [-0.1, -0.05) is 30.3 Å². The van der Waals surface area contributed by atoms with Crippen LogP contribution in [-0.2, 0) is 12.8 Å². The van der Waals surface area contributed by atoms with E-state index in [0.29, 0.717) is 5.92 Å². The van der Waals surface area contributed by atoms with Crippen molar-refractivity contribution in [3.8, 4) is 17.0 Å². The molecule has 1 unspecified atom stereocenters. The van der Waals surface area contributed by atoms with E-state index in [-0.39, 0.29) is 0 Å². The number of rotatable bonds is 2. The lowest BCUT2D eigenvalue weighted by Crippen LogP contribution is -2.00. The largest absolute Gasteiger partial charge is 0.496 e. The van der Waals surface area contributed by atoms with Gasteiger partial charge in [0.15, 0.2) is 0 Å². The number of H-pyrrole nitrogens is 1. The minimum Gasteiger partial charge on any atom is -0.496 e. The van der Waals surface area contributed by atoms with E-state index in [2.05, 4.69) is 53.5 Å². The number of methoxy groups -OCH3 is 1. The highest BCUT2D eigenvalue weighted by Gasteiger charge is 2.32. The minimum absolute atomic E-state index is 0.453. The van der Waals surface area contributed by atoms with Crippen LogP contribution in [-0.4, -0.2) is 17.3 Å². The summed E-state index contributed by atoms with van der Waals surface area (Å²) in [6.45, 7) is 2.11. The average Bonchev–Trinajstić information content (AvgIpc) is 3.27. The summed E-state index contributed by atoms with van der Waals surface area (Å²) in [5, 5.41) is 8.04. The number of nitrogens with zero attached hydrogens (tertiary/aromatic N) is 1. The van der Waals surface area contributed by atoms with Gasteiger partial charge in [0.05, 0.1) is 12.8 Å². The highest BCUT2D eigenvalue weighted by molar-refractivity contribution is 5.77. The predicted octanol–water partition coefficient (Wildman–Crippen LogP) is 4.38. The third-order valence-corrected chi connectivity index (χ3v) is 5.62. The summed E-state index contributed by atoms with van der Waals surface area (Å²) in [6, 6.07) is 13.2. The van der Waals surface area contributed by atoms with E-state index >= 15 is 0 Å². The molecular formula is C21H20N2O. The van der Waals surface area contributed by atoms with Crippen molar-refractivity contribution in [2.45, 2.75) is 32.1 Å². The van der Waals surface area contributed by atoms with Gasteiger partial charge in [0.2, 0.25) is 0 Å². The second kappa shape index (κ2) is 4.97. The van der Waals surface area contributed by atoms with Crippen LogP contribution in [0.4, 0.5) is 0 Å². The number of hydrogen-bond acceptors (Lipinski definition) is 2. The Balaban J connectivity index is 1.61. The minimum atomic E-state index is 0.453. The topological polar surface area (TPSA) is 37.9 Å². The van der Waals surface area contributed by atoms with Gasteiger partial charge in [0.1, 0.15) is 5.75 Å². The molecule has 0 amide bonds. The van der Waals surface area contributed by atoms with Crippen LogP contribution in [0.2, 0.25) is 0 Å². The number of hydrogen-bond donors (Lipinski definition) is 1. The molecule has 0 fully saturated rings. The summed E-state index contributed by atoms with van der Waals surface area (Å²) >= 11 is 0. The Morgan fingerprint density at radius 3 is 2.92 bits per heavy atom. The van der Waals surface area contributed by atoms with E-state index in [9.17, 15) is 0 Å². The van der Waals surface area contributed by atoms with Crippen molar-refractivity contribution in [2.24, 2.45) is 0 Å². The second-order valence-corrected chi connectivity index (χ2v) is 6.91. The Kier molecular flexibility index (Phi) is 2.87. The first-order valence-corrected chi connectivity index (χ1v) is 8.59. The zero-order valence-corrected chi connectivity index (χ0v) is 14.0. The molecule has 1 N–H and O–H groups in total. The van der Waals surface area contributed by atoms with Gasteiger partial charge in [-0.2, -0.15) is 5.10 Å². The van der Waals surface area contributed by atoms with E-state index in [1.165, 1.54) is 45.5 Å². The smallest absolute Gasteiger partial charge is 0.122 e. The summed E-state index contributed by atoms with van der Waals surface area (Å²) < 4.78 is 5.50. The molecule has 2 aliphatic carbocycles. The van der Waals surface area contributed by atoms with E-state index in [1.807, 2.05) is 0 Å². The third-order valence-electron chi connectivity index (χ3n) is 5.62. The van der Waals surface area contributed by atoms with E-state index in [0.717, 1.165) is 24.3 Å². The quantitative estimate of drug-likeness (QED) is 0.596. The number of benzene rings is 2. The van der Waals surface area contributed by atoms with Gasteiger partial charge in [-0.25, -0.2) is 0 Å². The van der Waals surface area contributed by atoms with Crippen molar-refractivity contribution in [2.75, 3.05) is 7.11 Å². The molecule has 120 valence electrons. The summed E-state index contributed by atoms with van der Waals surface area (Å²) in [5.74, 6) is 1.40. The van der Waals surface area contributed by atoms with E-state index in [1.54, 1.807) is 7.11 Å². The van der Waals surface area contributed by atoms with E-state index < -0.39 is 0 Å². The molecule has 3 heteroatoms. The van der Waals surface area contributed by atoms with Gasteiger partial charge in [-0.3, -0.25) is 5.10 Å². The van der Waals surface area contributed by atoms with Gasteiger partial charge >= 0.3 is 0 Å². The van der Waals surface area contributed by atoms with Crippen LogP contribution in [0, 0.1) is 6.92 Å². The molecule has 24 heavy (non-hydrogen) atoms. The highest BCUT2D eigenvalue weighted by atomic mass is 16.5. The molecule has 2 aliphatic rings. The molecule has 5 rings (SSSR count). The van der Waals surface area contributed by atoms with Crippen molar-refractivity contribution in [1.82, 2.24) is 10.2 Å². The molecule has 0 saturated carbocycles. The van der Waals surface area contributed by atoms with Gasteiger partial charge < -0.3 is 4.74 Å². The zero-order chi connectivity index (χ0) is 16.3. The molecule has 0 bridgehead atoms. The zero-order valence-electron chi connectivity index (χ0n) is 14.0. The average molecular weight is 316 g/mol. The van der Waals surface area contributed by atoms with Crippen LogP contribution >= 0.6 is 0 Å². The summed E-state index contributed by atoms with van der Waals surface area (Å²) in [5.41, 5.74) is 10.5. The molecule has 0 saturated heterocycles. The molecule has 0 spiro atoms. The molecule has 0 aliphatic heterocycles. The lowest BCUT2D eigenvalue weighted by molar-refractivity contribution is 0.412. The molecule has 1 aromatic heterocycles. The molecule has 3 nitrogen and oxygen atoms in total. The van der Waals surface area contributed by atoms with Crippen LogP contribution in [0.1, 0.15) is 45.8 Å². The Labute approximate surface area is 141 Å². The van der Waals surface area contributed by atoms with Crippen LogP contribution in [0.3, 0.4) is 0 Å². The summed E-state index contributed by atoms with van der Waals surface area (Å²) in [6.07, 6.45) is 3.31. The van der Waals surface area contributed by atoms with Crippen molar-refractivity contribution >= 4 is 0 Å². The van der Waals surface area contributed by atoms with Crippen LogP contribution in [0.5, 0.6) is 5.75 Å². The Morgan fingerprint density at radius 2 is 2.04 bits per heavy atom. The maximum Gasteiger partial charge on any atom is 0.122 e. The summed E-state index contributed by atoms with van der Waals surface area (Å²) in [7, 11) is 1.73. The SMILES string of the molecule is COc1cc2c(cc1C)Cc1c-2n[nH]c1C1CCc2ccccc21. The van der Waals surface area contributed by atoms with Gasteiger partial charge in [0, 0.05) is 29.2 Å². The Hall–Kier alpha value is -2.55. The number of aromatic nitrogens is 2. The van der Waals surface area contributed by atoms with Crippen molar-refractivity contribution < 1.29 is 4.74 Å². The number of aryl methyl sites for hydroxylation is 2.